The number of aliphatic imine (C=N–C) groups is 1. The summed E-state index contributed by atoms with van der Waals surface area (Å²) >= 11 is 0. The molecule has 7 nitrogen and oxygen atoms in total. The van der Waals surface area contributed by atoms with Crippen LogP contribution in [-0.4, -0.2) is 51.3 Å². The summed E-state index contributed by atoms with van der Waals surface area (Å²) in [5.74, 6) is 3.34. The van der Waals surface area contributed by atoms with Crippen LogP contribution in [0.15, 0.2) is 53.7 Å². The number of hydrogen-bond acceptors (Lipinski definition) is 5. The number of methoxy groups -OCH3 is 1. The van der Waals surface area contributed by atoms with Crippen molar-refractivity contribution in [1.82, 2.24) is 15.6 Å². The van der Waals surface area contributed by atoms with Crippen molar-refractivity contribution in [3.05, 3.63) is 48.7 Å². The number of hydrogen-bond donors (Lipinski definition) is 3. The van der Waals surface area contributed by atoms with Gasteiger partial charge in [-0.05, 0) is 49.2 Å². The molecule has 8 heteroatoms. The predicted molar refractivity (Wildman–Crippen MR) is 125 cm³/mol. The molecular weight excluding hydrogens is 469 g/mol. The molecule has 1 heterocycles. The van der Waals surface area contributed by atoms with E-state index in [0.29, 0.717) is 13.2 Å². The molecule has 0 amide bonds. The number of anilines is 1. The Balaban J connectivity index is 0.00000392. The minimum Gasteiger partial charge on any atom is -0.497 e. The molecule has 154 valence electrons. The molecule has 0 saturated heterocycles. The van der Waals surface area contributed by atoms with E-state index < -0.39 is 0 Å². The van der Waals surface area contributed by atoms with Crippen LogP contribution < -0.4 is 25.4 Å². The van der Waals surface area contributed by atoms with Gasteiger partial charge in [0.25, 0.3) is 0 Å². The summed E-state index contributed by atoms with van der Waals surface area (Å²) in [6.45, 7) is 3.00. The van der Waals surface area contributed by atoms with Gasteiger partial charge in [-0.1, -0.05) is 6.07 Å². The average molecular weight is 499 g/mol. The van der Waals surface area contributed by atoms with Gasteiger partial charge < -0.3 is 25.4 Å². The summed E-state index contributed by atoms with van der Waals surface area (Å²) in [5.41, 5.74) is 0. The SMILES string of the molecule is CN=C(NCCCCNc1ccccn1)NCCOc1ccc(OC)cc1.I. The van der Waals surface area contributed by atoms with E-state index in [-0.39, 0.29) is 24.0 Å². The summed E-state index contributed by atoms with van der Waals surface area (Å²) in [6, 6.07) is 13.4. The average Bonchev–Trinajstić information content (AvgIpc) is 2.73. The van der Waals surface area contributed by atoms with Crippen LogP contribution >= 0.6 is 24.0 Å². The van der Waals surface area contributed by atoms with E-state index in [0.717, 1.165) is 49.2 Å². The number of aromatic nitrogens is 1. The molecule has 1 aromatic carbocycles. The molecule has 0 unspecified atom stereocenters. The molecule has 0 aliphatic rings. The second kappa shape index (κ2) is 14.8. The van der Waals surface area contributed by atoms with E-state index in [1.54, 1.807) is 20.4 Å². The van der Waals surface area contributed by atoms with Crippen LogP contribution in [0.2, 0.25) is 0 Å². The third-order valence-electron chi connectivity index (χ3n) is 3.81. The molecule has 3 N–H and O–H groups in total. The van der Waals surface area contributed by atoms with Gasteiger partial charge in [0.1, 0.15) is 23.9 Å². The first-order valence-corrected chi connectivity index (χ1v) is 9.18. The predicted octanol–water partition coefficient (Wildman–Crippen LogP) is 3.14. The zero-order valence-electron chi connectivity index (χ0n) is 16.5. The van der Waals surface area contributed by atoms with Gasteiger partial charge in [0, 0.05) is 26.3 Å². The summed E-state index contributed by atoms with van der Waals surface area (Å²) in [4.78, 5) is 8.45. The number of guanidine groups is 1. The standard InChI is InChI=1S/C20H29N5O2.HI/c1-21-20(24-14-6-5-13-23-19-7-3-4-12-22-19)25-15-16-27-18-10-8-17(26-2)9-11-18;/h3-4,7-12H,5-6,13-16H2,1-2H3,(H,22,23)(H2,21,24,25);1H. The number of unbranched alkanes of at least 4 members (excludes halogenated alkanes) is 1. The van der Waals surface area contributed by atoms with Crippen LogP contribution in [0.1, 0.15) is 12.8 Å². The lowest BCUT2D eigenvalue weighted by atomic mass is 10.3. The monoisotopic (exact) mass is 499 g/mol. The lowest BCUT2D eigenvalue weighted by Gasteiger charge is -2.13. The minimum absolute atomic E-state index is 0. The molecular formula is C20H30IN5O2. The summed E-state index contributed by atoms with van der Waals surface area (Å²) in [6.07, 6.45) is 3.89. The summed E-state index contributed by atoms with van der Waals surface area (Å²) in [5, 5.41) is 9.85. The van der Waals surface area contributed by atoms with E-state index in [4.69, 9.17) is 9.47 Å². The van der Waals surface area contributed by atoms with Gasteiger partial charge in [0.15, 0.2) is 5.96 Å². The number of nitrogens with one attached hydrogen (secondary N) is 3. The van der Waals surface area contributed by atoms with Crippen molar-refractivity contribution >= 4 is 35.8 Å². The Hall–Kier alpha value is -2.23. The second-order valence-corrected chi connectivity index (χ2v) is 5.80. The van der Waals surface area contributed by atoms with Crippen LogP contribution in [-0.2, 0) is 0 Å². The van der Waals surface area contributed by atoms with E-state index >= 15 is 0 Å². The zero-order chi connectivity index (χ0) is 19.2. The Bertz CT molecular complexity index is 668. The maximum atomic E-state index is 5.69. The molecule has 0 aliphatic heterocycles. The highest BCUT2D eigenvalue weighted by Crippen LogP contribution is 2.16. The lowest BCUT2D eigenvalue weighted by molar-refractivity contribution is 0.321. The van der Waals surface area contributed by atoms with E-state index in [1.807, 2.05) is 42.5 Å². The fraction of sp³-hybridized carbons (Fsp3) is 0.400. The zero-order valence-corrected chi connectivity index (χ0v) is 18.8. The molecule has 2 aromatic rings. The maximum absolute atomic E-state index is 5.69. The van der Waals surface area contributed by atoms with Gasteiger partial charge in [-0.3, -0.25) is 4.99 Å². The number of nitrogens with zero attached hydrogens (tertiary/aromatic N) is 2. The summed E-state index contributed by atoms with van der Waals surface area (Å²) in [7, 11) is 3.41. The Morgan fingerprint density at radius 3 is 2.36 bits per heavy atom. The first-order valence-electron chi connectivity index (χ1n) is 9.18. The van der Waals surface area contributed by atoms with Crippen LogP contribution in [0.3, 0.4) is 0 Å². The third-order valence-corrected chi connectivity index (χ3v) is 3.81. The lowest BCUT2D eigenvalue weighted by Crippen LogP contribution is -2.39. The van der Waals surface area contributed by atoms with Crippen molar-refractivity contribution in [1.29, 1.82) is 0 Å². The van der Waals surface area contributed by atoms with Gasteiger partial charge >= 0.3 is 0 Å². The molecule has 0 spiro atoms. The van der Waals surface area contributed by atoms with Crippen molar-refractivity contribution in [2.24, 2.45) is 4.99 Å². The van der Waals surface area contributed by atoms with Gasteiger partial charge in [-0.2, -0.15) is 0 Å². The van der Waals surface area contributed by atoms with Crippen molar-refractivity contribution < 1.29 is 9.47 Å². The Morgan fingerprint density at radius 1 is 0.964 bits per heavy atom. The maximum Gasteiger partial charge on any atom is 0.191 e. The first kappa shape index (κ1) is 23.8. The van der Waals surface area contributed by atoms with E-state index in [1.165, 1.54) is 0 Å². The Morgan fingerprint density at radius 2 is 1.68 bits per heavy atom. The molecule has 0 radical (unpaired) electrons. The number of rotatable bonds is 11. The highest BCUT2D eigenvalue weighted by molar-refractivity contribution is 14.0. The Labute approximate surface area is 184 Å². The van der Waals surface area contributed by atoms with Crippen molar-refractivity contribution in [2.75, 3.05) is 45.7 Å². The van der Waals surface area contributed by atoms with Gasteiger partial charge in [0.2, 0.25) is 0 Å². The molecule has 28 heavy (non-hydrogen) atoms. The molecule has 0 aliphatic carbocycles. The van der Waals surface area contributed by atoms with Crippen LogP contribution in [0.25, 0.3) is 0 Å². The topological polar surface area (TPSA) is 79.8 Å². The fourth-order valence-corrected chi connectivity index (χ4v) is 2.37. The van der Waals surface area contributed by atoms with Crippen LogP contribution in [0.4, 0.5) is 5.82 Å². The van der Waals surface area contributed by atoms with Gasteiger partial charge in [0.05, 0.1) is 13.7 Å². The van der Waals surface area contributed by atoms with Crippen LogP contribution in [0, 0.1) is 0 Å². The fourth-order valence-electron chi connectivity index (χ4n) is 2.37. The largest absolute Gasteiger partial charge is 0.497 e. The molecule has 0 bridgehead atoms. The number of pyridine rings is 1. The van der Waals surface area contributed by atoms with Crippen molar-refractivity contribution in [3.63, 3.8) is 0 Å². The molecule has 2 rings (SSSR count). The number of benzene rings is 1. The quantitative estimate of drug-likeness (QED) is 0.191. The van der Waals surface area contributed by atoms with Gasteiger partial charge in [-0.15, -0.1) is 24.0 Å². The molecule has 0 saturated carbocycles. The second-order valence-electron chi connectivity index (χ2n) is 5.80. The van der Waals surface area contributed by atoms with E-state index in [2.05, 4.69) is 25.9 Å². The third kappa shape index (κ3) is 9.63. The minimum atomic E-state index is 0. The number of ether oxygens (including phenoxy) is 2. The van der Waals surface area contributed by atoms with E-state index in [9.17, 15) is 0 Å². The smallest absolute Gasteiger partial charge is 0.191 e. The molecule has 0 fully saturated rings. The highest BCUT2D eigenvalue weighted by atomic mass is 127. The van der Waals surface area contributed by atoms with Gasteiger partial charge in [-0.25, -0.2) is 4.98 Å². The van der Waals surface area contributed by atoms with Crippen molar-refractivity contribution in [2.45, 2.75) is 12.8 Å². The molecule has 0 atom stereocenters. The number of halogens is 1. The normalized spacial score (nSPS) is 10.6. The van der Waals surface area contributed by atoms with Crippen molar-refractivity contribution in [3.8, 4) is 11.5 Å². The Kier molecular flexibility index (Phi) is 12.6. The highest BCUT2D eigenvalue weighted by Gasteiger charge is 1.99. The summed E-state index contributed by atoms with van der Waals surface area (Å²) < 4.78 is 10.8. The first-order chi connectivity index (χ1) is 13.3. The van der Waals surface area contributed by atoms with Crippen LogP contribution in [0.5, 0.6) is 11.5 Å². The molecule has 1 aromatic heterocycles.